The Labute approximate surface area is 144 Å². The third-order valence-electron chi connectivity index (χ3n) is 5.12. The molecule has 0 unspecified atom stereocenters. The van der Waals surface area contributed by atoms with Gasteiger partial charge in [-0.05, 0) is 43.1 Å². The lowest BCUT2D eigenvalue weighted by Gasteiger charge is -2.37. The number of esters is 1. The van der Waals surface area contributed by atoms with Crippen LogP contribution in [0.3, 0.4) is 0 Å². The molecule has 1 aliphatic carbocycles. The largest absolute Gasteiger partial charge is 0.465 e. The second-order valence-electron chi connectivity index (χ2n) is 7.57. The fourth-order valence-corrected chi connectivity index (χ4v) is 6.83. The minimum Gasteiger partial charge on any atom is -0.465 e. The lowest BCUT2D eigenvalue weighted by molar-refractivity contribution is 0.0601. The summed E-state index contributed by atoms with van der Waals surface area (Å²) < 4.78 is 30.0. The van der Waals surface area contributed by atoms with Gasteiger partial charge in [-0.25, -0.2) is 13.2 Å². The van der Waals surface area contributed by atoms with Crippen molar-refractivity contribution in [2.24, 2.45) is 0 Å². The summed E-state index contributed by atoms with van der Waals surface area (Å²) in [6.45, 7) is 6.49. The van der Waals surface area contributed by atoms with E-state index in [1.165, 1.54) is 7.11 Å². The minimum atomic E-state index is -3.27. The molecule has 0 aromatic heterocycles. The van der Waals surface area contributed by atoms with E-state index in [1.807, 2.05) is 0 Å². The zero-order valence-corrected chi connectivity index (χ0v) is 16.4. The van der Waals surface area contributed by atoms with Crippen LogP contribution in [0, 0.1) is 0 Å². The van der Waals surface area contributed by atoms with Crippen molar-refractivity contribution in [1.29, 1.82) is 0 Å². The van der Waals surface area contributed by atoms with Crippen molar-refractivity contribution >= 4 is 29.6 Å². The molecule has 7 heteroatoms. The highest BCUT2D eigenvalue weighted by Crippen LogP contribution is 2.36. The van der Waals surface area contributed by atoms with Crippen LogP contribution in [0.5, 0.6) is 0 Å². The lowest BCUT2D eigenvalue weighted by Crippen LogP contribution is -2.43. The number of sulfone groups is 1. The summed E-state index contributed by atoms with van der Waals surface area (Å²) in [6, 6.07) is 7.12. The molecule has 1 aromatic carbocycles. The van der Waals surface area contributed by atoms with Gasteiger partial charge >= 0.3 is 5.97 Å². The van der Waals surface area contributed by atoms with Crippen LogP contribution in [0.4, 0.5) is 5.69 Å². The summed E-state index contributed by atoms with van der Waals surface area (Å²) in [6.07, 6.45) is 1.47. The van der Waals surface area contributed by atoms with Gasteiger partial charge in [0, 0.05) is 13.1 Å². The minimum absolute atomic E-state index is 0.248. The Morgan fingerprint density at radius 2 is 1.83 bits per heavy atom. The SMILES string of the molecule is COC(=O)c1ccc(S(=O)(=O)C2CC2)cc1N1CC[Si](C)(C)CC1. The Kier molecular flexibility index (Phi) is 4.50. The van der Waals surface area contributed by atoms with Crippen molar-refractivity contribution in [3.63, 3.8) is 0 Å². The van der Waals surface area contributed by atoms with Crippen LogP contribution in [0.1, 0.15) is 23.2 Å². The molecule has 3 rings (SSSR count). The third kappa shape index (κ3) is 3.37. The average Bonchev–Trinajstić information content (AvgIpc) is 3.39. The Hall–Kier alpha value is -1.34. The fraction of sp³-hybridized carbons (Fsp3) is 0.588. The number of anilines is 1. The maximum atomic E-state index is 12.6. The number of rotatable bonds is 4. The zero-order chi connectivity index (χ0) is 17.5. The molecule has 5 nitrogen and oxygen atoms in total. The molecule has 1 saturated carbocycles. The van der Waals surface area contributed by atoms with Crippen molar-refractivity contribution in [2.75, 3.05) is 25.1 Å². The lowest BCUT2D eigenvalue weighted by atomic mass is 10.1. The summed E-state index contributed by atoms with van der Waals surface area (Å²) in [5, 5.41) is -0.248. The van der Waals surface area contributed by atoms with E-state index in [1.54, 1.807) is 18.2 Å². The highest BCUT2D eigenvalue weighted by molar-refractivity contribution is 7.92. The van der Waals surface area contributed by atoms with Crippen LogP contribution in [0.15, 0.2) is 23.1 Å². The molecule has 24 heavy (non-hydrogen) atoms. The van der Waals surface area contributed by atoms with E-state index in [-0.39, 0.29) is 5.25 Å². The molecule has 0 radical (unpaired) electrons. The van der Waals surface area contributed by atoms with E-state index in [9.17, 15) is 13.2 Å². The van der Waals surface area contributed by atoms with Gasteiger partial charge in [-0.1, -0.05) is 13.1 Å². The van der Waals surface area contributed by atoms with Gasteiger partial charge in [-0.3, -0.25) is 0 Å². The summed E-state index contributed by atoms with van der Waals surface area (Å²) in [7, 11) is -3.07. The van der Waals surface area contributed by atoms with Crippen molar-refractivity contribution in [3.05, 3.63) is 23.8 Å². The number of carbonyl (C=O) groups excluding carboxylic acids is 1. The highest BCUT2D eigenvalue weighted by Gasteiger charge is 2.38. The summed E-state index contributed by atoms with van der Waals surface area (Å²) in [5.74, 6) is -0.414. The van der Waals surface area contributed by atoms with Crippen molar-refractivity contribution in [3.8, 4) is 0 Å². The molecule has 1 aliphatic heterocycles. The van der Waals surface area contributed by atoms with Crippen LogP contribution in [0.25, 0.3) is 0 Å². The van der Waals surface area contributed by atoms with E-state index >= 15 is 0 Å². The number of methoxy groups -OCH3 is 1. The molecule has 132 valence electrons. The summed E-state index contributed by atoms with van der Waals surface area (Å²) in [5.41, 5.74) is 1.15. The molecule has 1 heterocycles. The summed E-state index contributed by atoms with van der Waals surface area (Å²) >= 11 is 0. The fourth-order valence-electron chi connectivity index (χ4n) is 3.16. The second kappa shape index (κ2) is 6.18. The maximum absolute atomic E-state index is 12.6. The van der Waals surface area contributed by atoms with E-state index in [2.05, 4.69) is 18.0 Å². The molecule has 0 N–H and O–H groups in total. The predicted octanol–water partition coefficient (Wildman–Crippen LogP) is 2.94. The number of nitrogens with zero attached hydrogens (tertiary/aromatic N) is 1. The number of carbonyl (C=O) groups is 1. The van der Waals surface area contributed by atoms with Crippen LogP contribution >= 0.6 is 0 Å². The van der Waals surface area contributed by atoms with Gasteiger partial charge in [0.05, 0.1) is 36.6 Å². The van der Waals surface area contributed by atoms with Crippen molar-refractivity contribution < 1.29 is 17.9 Å². The first-order valence-corrected chi connectivity index (χ1v) is 13.4. The molecule has 0 amide bonds. The number of benzene rings is 1. The molecular formula is C17H25NO4SSi. The van der Waals surface area contributed by atoms with Gasteiger partial charge in [-0.2, -0.15) is 0 Å². The first-order valence-electron chi connectivity index (χ1n) is 8.46. The van der Waals surface area contributed by atoms with Crippen LogP contribution < -0.4 is 4.90 Å². The molecule has 0 spiro atoms. The van der Waals surface area contributed by atoms with Crippen molar-refractivity contribution in [2.45, 2.75) is 48.2 Å². The molecule has 1 aromatic rings. The molecule has 2 aliphatic rings. The first-order chi connectivity index (χ1) is 11.2. The second-order valence-corrected chi connectivity index (χ2v) is 15.1. The monoisotopic (exact) mass is 367 g/mol. The number of hydrogen-bond acceptors (Lipinski definition) is 5. The molecule has 0 bridgehead atoms. The van der Waals surface area contributed by atoms with Crippen LogP contribution in [-0.2, 0) is 14.6 Å². The standard InChI is InChI=1S/C17H25NO4SSi/c1-22-17(19)15-7-6-14(23(20,21)13-4-5-13)12-16(15)18-8-10-24(2,3)11-9-18/h6-7,12-13H,4-5,8-11H2,1-3H3. The van der Waals surface area contributed by atoms with Crippen LogP contribution in [-0.4, -0.2) is 47.9 Å². The summed E-state index contributed by atoms with van der Waals surface area (Å²) in [4.78, 5) is 14.6. The smallest absolute Gasteiger partial charge is 0.339 e. The van der Waals surface area contributed by atoms with Gasteiger partial charge in [0.15, 0.2) is 9.84 Å². The van der Waals surface area contributed by atoms with E-state index in [0.717, 1.165) is 38.0 Å². The quantitative estimate of drug-likeness (QED) is 0.605. The molecule has 1 saturated heterocycles. The Morgan fingerprint density at radius 3 is 2.38 bits per heavy atom. The molecular weight excluding hydrogens is 342 g/mol. The van der Waals surface area contributed by atoms with Gasteiger partial charge in [0.2, 0.25) is 0 Å². The average molecular weight is 368 g/mol. The molecule has 2 fully saturated rings. The van der Waals surface area contributed by atoms with Gasteiger partial charge in [0.25, 0.3) is 0 Å². The topological polar surface area (TPSA) is 63.7 Å². The Balaban J connectivity index is 1.99. The number of ether oxygens (including phenoxy) is 1. The normalized spacial score (nSPS) is 20.7. The van der Waals surface area contributed by atoms with Gasteiger partial charge < -0.3 is 9.64 Å². The van der Waals surface area contributed by atoms with Gasteiger partial charge in [-0.15, -0.1) is 0 Å². The van der Waals surface area contributed by atoms with Crippen LogP contribution in [0.2, 0.25) is 25.2 Å². The molecule has 0 atom stereocenters. The third-order valence-corrected chi connectivity index (χ3v) is 10.5. The van der Waals surface area contributed by atoms with Gasteiger partial charge in [0.1, 0.15) is 0 Å². The zero-order valence-electron chi connectivity index (χ0n) is 14.5. The predicted molar refractivity (Wildman–Crippen MR) is 97.3 cm³/mol. The van der Waals surface area contributed by atoms with E-state index in [4.69, 9.17) is 4.74 Å². The Morgan fingerprint density at radius 1 is 1.21 bits per heavy atom. The highest BCUT2D eigenvalue weighted by atomic mass is 32.2. The van der Waals surface area contributed by atoms with Crippen molar-refractivity contribution in [1.82, 2.24) is 0 Å². The Bertz CT molecular complexity index is 746. The maximum Gasteiger partial charge on any atom is 0.339 e. The number of hydrogen-bond donors (Lipinski definition) is 0. The van der Waals surface area contributed by atoms with E-state index < -0.39 is 23.9 Å². The van der Waals surface area contributed by atoms with E-state index in [0.29, 0.717) is 16.1 Å². The first kappa shape index (κ1) is 17.5.